The van der Waals surface area contributed by atoms with E-state index >= 15 is 0 Å². The number of anilines is 1. The molecule has 2 aliphatic heterocycles. The topological polar surface area (TPSA) is 41.5 Å². The van der Waals surface area contributed by atoms with Crippen molar-refractivity contribution in [1.29, 1.82) is 0 Å². The number of aromatic nitrogens is 2. The Labute approximate surface area is 140 Å². The maximum absolute atomic E-state index is 5.49. The Morgan fingerprint density at radius 2 is 2.04 bits per heavy atom. The van der Waals surface area contributed by atoms with Gasteiger partial charge in [-0.25, -0.2) is 0 Å². The molecule has 2 saturated heterocycles. The van der Waals surface area contributed by atoms with Crippen LogP contribution in [0, 0.1) is 0 Å². The molecule has 0 aliphatic carbocycles. The van der Waals surface area contributed by atoms with E-state index < -0.39 is 0 Å². The molecule has 0 amide bonds. The summed E-state index contributed by atoms with van der Waals surface area (Å²) in [5.74, 6) is 0.901. The van der Waals surface area contributed by atoms with Crippen molar-refractivity contribution in [3.05, 3.63) is 24.3 Å². The number of rotatable bonds is 4. The first-order valence-electron chi connectivity index (χ1n) is 8.39. The van der Waals surface area contributed by atoms with Crippen LogP contribution in [-0.2, 0) is 0 Å². The molecule has 2 fully saturated rings. The molecule has 0 radical (unpaired) electrons. The summed E-state index contributed by atoms with van der Waals surface area (Å²) >= 11 is 1.69. The molecule has 1 aromatic carbocycles. The van der Waals surface area contributed by atoms with Gasteiger partial charge in [-0.05, 0) is 50.6 Å². The van der Waals surface area contributed by atoms with E-state index in [0.29, 0.717) is 12.6 Å². The van der Waals surface area contributed by atoms with Gasteiger partial charge < -0.3 is 9.64 Å². The van der Waals surface area contributed by atoms with Crippen molar-refractivity contribution in [1.82, 2.24) is 15.1 Å². The molecule has 0 N–H and O–H groups in total. The van der Waals surface area contributed by atoms with E-state index in [9.17, 15) is 0 Å². The van der Waals surface area contributed by atoms with Crippen molar-refractivity contribution >= 4 is 16.5 Å². The second-order valence-corrected chi connectivity index (χ2v) is 7.08. The predicted octanol–water partition coefficient (Wildman–Crippen LogP) is 2.89. The molecule has 4 rings (SSSR count). The standard InChI is InChI=1S/C17H22N4OS/c1-2-22-15-7-5-13(6-8-15)16-18-19-17(23-16)21-11-10-20-9-3-4-14(20)12-21/h5-8,14H,2-4,9-12H2,1H3/t14-/m1/s1. The molecule has 122 valence electrons. The SMILES string of the molecule is CCOc1ccc(-c2nnc(N3CCN4CCC[C@@H]4C3)s2)cc1. The van der Waals surface area contributed by atoms with E-state index in [1.165, 1.54) is 19.4 Å². The van der Waals surface area contributed by atoms with Gasteiger partial charge in [0.1, 0.15) is 10.8 Å². The molecule has 0 spiro atoms. The Hall–Kier alpha value is -1.66. The van der Waals surface area contributed by atoms with Gasteiger partial charge in [0.25, 0.3) is 0 Å². The number of ether oxygens (including phenoxy) is 1. The highest BCUT2D eigenvalue weighted by Gasteiger charge is 2.31. The molecule has 0 unspecified atom stereocenters. The first-order valence-corrected chi connectivity index (χ1v) is 9.21. The Morgan fingerprint density at radius 1 is 1.17 bits per heavy atom. The first-order chi connectivity index (χ1) is 11.3. The molecule has 1 atom stereocenters. The molecule has 5 nitrogen and oxygen atoms in total. The fraction of sp³-hybridized carbons (Fsp3) is 0.529. The fourth-order valence-corrected chi connectivity index (χ4v) is 4.37. The van der Waals surface area contributed by atoms with Gasteiger partial charge in [-0.15, -0.1) is 10.2 Å². The van der Waals surface area contributed by atoms with Crippen LogP contribution >= 0.6 is 11.3 Å². The lowest BCUT2D eigenvalue weighted by Crippen LogP contribution is -2.50. The second kappa shape index (κ2) is 6.45. The Kier molecular flexibility index (Phi) is 4.18. The van der Waals surface area contributed by atoms with Gasteiger partial charge in [-0.3, -0.25) is 4.90 Å². The van der Waals surface area contributed by atoms with Gasteiger partial charge in [0.05, 0.1) is 6.61 Å². The van der Waals surface area contributed by atoms with E-state index in [0.717, 1.165) is 41.1 Å². The fourth-order valence-electron chi connectivity index (χ4n) is 3.49. The summed E-state index contributed by atoms with van der Waals surface area (Å²) in [5.41, 5.74) is 1.11. The quantitative estimate of drug-likeness (QED) is 0.862. The van der Waals surface area contributed by atoms with Gasteiger partial charge in [0, 0.05) is 31.2 Å². The van der Waals surface area contributed by atoms with E-state index in [4.69, 9.17) is 4.74 Å². The van der Waals surface area contributed by atoms with Crippen LogP contribution in [0.1, 0.15) is 19.8 Å². The zero-order valence-electron chi connectivity index (χ0n) is 13.4. The van der Waals surface area contributed by atoms with Crippen molar-refractivity contribution in [3.63, 3.8) is 0 Å². The number of fused-ring (bicyclic) bond motifs is 1. The number of piperazine rings is 1. The lowest BCUT2D eigenvalue weighted by atomic mass is 10.2. The Morgan fingerprint density at radius 3 is 2.87 bits per heavy atom. The third kappa shape index (κ3) is 3.05. The maximum atomic E-state index is 5.49. The van der Waals surface area contributed by atoms with Crippen LogP contribution in [0.3, 0.4) is 0 Å². The van der Waals surface area contributed by atoms with Crippen molar-refractivity contribution in [2.24, 2.45) is 0 Å². The van der Waals surface area contributed by atoms with Gasteiger partial charge in [-0.2, -0.15) is 0 Å². The van der Waals surface area contributed by atoms with Crippen LogP contribution in [0.2, 0.25) is 0 Å². The molecular formula is C17H22N4OS. The molecular weight excluding hydrogens is 308 g/mol. The molecule has 23 heavy (non-hydrogen) atoms. The molecule has 0 bridgehead atoms. The van der Waals surface area contributed by atoms with E-state index in [2.05, 4.69) is 32.1 Å². The van der Waals surface area contributed by atoms with Crippen LogP contribution in [-0.4, -0.2) is 53.9 Å². The maximum Gasteiger partial charge on any atom is 0.208 e. The Bertz CT molecular complexity index is 657. The third-order valence-electron chi connectivity index (χ3n) is 4.68. The van der Waals surface area contributed by atoms with E-state index in [1.807, 2.05) is 19.1 Å². The van der Waals surface area contributed by atoms with Crippen molar-refractivity contribution < 1.29 is 4.74 Å². The van der Waals surface area contributed by atoms with Crippen LogP contribution in [0.4, 0.5) is 5.13 Å². The first kappa shape index (κ1) is 14.9. The average molecular weight is 330 g/mol. The minimum Gasteiger partial charge on any atom is -0.494 e. The monoisotopic (exact) mass is 330 g/mol. The van der Waals surface area contributed by atoms with Gasteiger partial charge in [0.15, 0.2) is 0 Å². The van der Waals surface area contributed by atoms with Crippen molar-refractivity contribution in [2.75, 3.05) is 37.7 Å². The van der Waals surface area contributed by atoms with Gasteiger partial charge in [0.2, 0.25) is 5.13 Å². The van der Waals surface area contributed by atoms with E-state index in [1.54, 1.807) is 11.3 Å². The summed E-state index contributed by atoms with van der Waals surface area (Å²) in [5, 5.41) is 10.9. The number of benzene rings is 1. The average Bonchev–Trinajstić information content (AvgIpc) is 3.24. The number of hydrogen-bond donors (Lipinski definition) is 0. The lowest BCUT2D eigenvalue weighted by molar-refractivity contribution is 0.231. The molecule has 3 heterocycles. The van der Waals surface area contributed by atoms with Gasteiger partial charge >= 0.3 is 0 Å². The predicted molar refractivity (Wildman–Crippen MR) is 93.3 cm³/mol. The van der Waals surface area contributed by atoms with Gasteiger partial charge in [-0.1, -0.05) is 11.3 Å². The van der Waals surface area contributed by atoms with Crippen LogP contribution in [0.15, 0.2) is 24.3 Å². The van der Waals surface area contributed by atoms with Crippen molar-refractivity contribution in [3.8, 4) is 16.3 Å². The molecule has 0 saturated carbocycles. The second-order valence-electron chi connectivity index (χ2n) is 6.13. The largest absolute Gasteiger partial charge is 0.494 e. The highest BCUT2D eigenvalue weighted by molar-refractivity contribution is 7.18. The molecule has 1 aromatic heterocycles. The molecule has 6 heteroatoms. The Balaban J connectivity index is 1.48. The highest BCUT2D eigenvalue weighted by atomic mass is 32.1. The lowest BCUT2D eigenvalue weighted by Gasteiger charge is -2.37. The minimum absolute atomic E-state index is 0.690. The summed E-state index contributed by atoms with van der Waals surface area (Å²) in [4.78, 5) is 5.02. The summed E-state index contributed by atoms with van der Waals surface area (Å²) < 4.78 is 5.49. The minimum atomic E-state index is 0.690. The molecule has 2 aromatic rings. The van der Waals surface area contributed by atoms with Crippen LogP contribution in [0.25, 0.3) is 10.6 Å². The number of nitrogens with zero attached hydrogens (tertiary/aromatic N) is 4. The zero-order chi connectivity index (χ0) is 15.6. The normalized spacial score (nSPS) is 21.4. The summed E-state index contributed by atoms with van der Waals surface area (Å²) in [6, 6.07) is 8.82. The number of hydrogen-bond acceptors (Lipinski definition) is 6. The summed E-state index contributed by atoms with van der Waals surface area (Å²) in [6.45, 7) is 7.27. The summed E-state index contributed by atoms with van der Waals surface area (Å²) in [7, 11) is 0. The van der Waals surface area contributed by atoms with Crippen LogP contribution < -0.4 is 9.64 Å². The smallest absolute Gasteiger partial charge is 0.208 e. The zero-order valence-corrected chi connectivity index (χ0v) is 14.3. The van der Waals surface area contributed by atoms with Crippen molar-refractivity contribution in [2.45, 2.75) is 25.8 Å². The van der Waals surface area contributed by atoms with E-state index in [-0.39, 0.29) is 0 Å². The molecule has 2 aliphatic rings. The highest BCUT2D eigenvalue weighted by Crippen LogP contribution is 2.32. The third-order valence-corrected chi connectivity index (χ3v) is 5.72. The summed E-state index contributed by atoms with van der Waals surface area (Å²) in [6.07, 6.45) is 2.66. The van der Waals surface area contributed by atoms with Crippen LogP contribution in [0.5, 0.6) is 5.75 Å².